The fourth-order valence-corrected chi connectivity index (χ4v) is 3.04. The Morgan fingerprint density at radius 1 is 1.00 bits per heavy atom. The maximum atomic E-state index is 15.0. The predicted octanol–water partition coefficient (Wildman–Crippen LogP) is 4.61. The molecule has 0 unspecified atom stereocenters. The van der Waals surface area contributed by atoms with Crippen LogP contribution in [-0.2, 0) is 0 Å². The van der Waals surface area contributed by atoms with Gasteiger partial charge in [-0.1, -0.05) is 18.7 Å². The molecule has 1 amide bonds. The number of anilines is 1. The minimum absolute atomic E-state index is 0.0934. The van der Waals surface area contributed by atoms with Crippen LogP contribution in [0, 0.1) is 17.5 Å². The summed E-state index contributed by atoms with van der Waals surface area (Å²) in [6.07, 6.45) is -3.74. The zero-order valence-corrected chi connectivity index (χ0v) is 17.2. The number of para-hydroxylation sites is 1. The molecule has 13 heteroatoms. The number of amides is 1. The number of ether oxygens (including phenoxy) is 1. The first-order valence-corrected chi connectivity index (χ1v) is 9.57. The molecule has 0 spiro atoms. The molecule has 0 aliphatic heterocycles. The number of hydrogen-bond donors (Lipinski definition) is 1. The van der Waals surface area contributed by atoms with Crippen molar-refractivity contribution in [1.82, 2.24) is 14.2 Å². The number of carbonyl (C=O) groups is 1. The van der Waals surface area contributed by atoms with Crippen molar-refractivity contribution in [2.24, 2.45) is 0 Å². The minimum Gasteiger partial charge on any atom is -0.452 e. The fourth-order valence-electron chi connectivity index (χ4n) is 3.04. The number of aromatic nitrogens is 3. The second-order valence-corrected chi connectivity index (χ2v) is 7.00. The van der Waals surface area contributed by atoms with Crippen LogP contribution in [0.3, 0.4) is 0 Å². The van der Waals surface area contributed by atoms with Crippen LogP contribution in [0.2, 0.25) is 0 Å². The lowest BCUT2D eigenvalue weighted by Gasteiger charge is -2.16. The third-order valence-electron chi connectivity index (χ3n) is 4.70. The molecule has 0 aliphatic rings. The van der Waals surface area contributed by atoms with Crippen LogP contribution in [0.25, 0.3) is 11.3 Å². The highest BCUT2D eigenvalue weighted by Crippen LogP contribution is 2.32. The standard InChI is InChI=1S/C22H12F6N4O3/c1-11(22(26,27)28)35-17-10-16(32-21(34)31-8-3-2-7-18(31)30-32)15(25)9-12(17)20(33)29-19-13(23)5-4-6-14(19)24/h2-10H,1H2,(H,29,33). The van der Waals surface area contributed by atoms with Gasteiger partial charge in [0.25, 0.3) is 5.91 Å². The molecule has 2 heterocycles. The first-order chi connectivity index (χ1) is 16.5. The molecule has 4 rings (SSSR count). The van der Waals surface area contributed by atoms with Gasteiger partial charge in [0.15, 0.2) is 5.65 Å². The highest BCUT2D eigenvalue weighted by molar-refractivity contribution is 6.06. The van der Waals surface area contributed by atoms with Gasteiger partial charge in [0, 0.05) is 12.3 Å². The zero-order valence-electron chi connectivity index (χ0n) is 17.2. The third-order valence-corrected chi connectivity index (χ3v) is 4.70. The van der Waals surface area contributed by atoms with Crippen molar-refractivity contribution < 1.29 is 35.9 Å². The van der Waals surface area contributed by atoms with Gasteiger partial charge in [-0.3, -0.25) is 4.79 Å². The summed E-state index contributed by atoms with van der Waals surface area (Å²) >= 11 is 0. The van der Waals surface area contributed by atoms with E-state index < -0.39 is 63.7 Å². The van der Waals surface area contributed by atoms with E-state index in [9.17, 15) is 31.5 Å². The summed E-state index contributed by atoms with van der Waals surface area (Å²) in [6, 6.07) is 8.17. The first-order valence-electron chi connectivity index (χ1n) is 9.57. The SMILES string of the molecule is C=C(Oc1cc(-n2nc3ccccn3c2=O)c(F)cc1C(=O)Nc1c(F)cccc1F)C(F)(F)F. The van der Waals surface area contributed by atoms with Gasteiger partial charge >= 0.3 is 11.9 Å². The smallest absolute Gasteiger partial charge is 0.448 e. The normalized spacial score (nSPS) is 11.5. The van der Waals surface area contributed by atoms with Crippen molar-refractivity contribution in [2.45, 2.75) is 6.18 Å². The van der Waals surface area contributed by atoms with E-state index in [-0.39, 0.29) is 5.65 Å². The largest absolute Gasteiger partial charge is 0.452 e. The topological polar surface area (TPSA) is 77.6 Å². The maximum Gasteiger partial charge on any atom is 0.448 e. The quantitative estimate of drug-likeness (QED) is 0.325. The molecule has 180 valence electrons. The molecule has 2 aromatic heterocycles. The van der Waals surface area contributed by atoms with Crippen LogP contribution in [0.5, 0.6) is 5.75 Å². The molecule has 4 aromatic rings. The number of alkyl halides is 3. The van der Waals surface area contributed by atoms with Crippen LogP contribution in [0.15, 0.2) is 71.9 Å². The van der Waals surface area contributed by atoms with Gasteiger partial charge in [-0.15, -0.1) is 5.10 Å². The zero-order chi connectivity index (χ0) is 25.5. The highest BCUT2D eigenvalue weighted by atomic mass is 19.4. The Morgan fingerprint density at radius 2 is 1.69 bits per heavy atom. The summed E-state index contributed by atoms with van der Waals surface area (Å²) in [6.45, 7) is 2.73. The number of allylic oxidation sites excluding steroid dienone is 1. The van der Waals surface area contributed by atoms with Crippen molar-refractivity contribution in [2.75, 3.05) is 5.32 Å². The highest BCUT2D eigenvalue weighted by Gasteiger charge is 2.36. The first kappa shape index (κ1) is 23.6. The number of benzene rings is 2. The van der Waals surface area contributed by atoms with Gasteiger partial charge in [0.2, 0.25) is 5.76 Å². The maximum absolute atomic E-state index is 15.0. The van der Waals surface area contributed by atoms with E-state index in [1.54, 1.807) is 6.07 Å². The van der Waals surface area contributed by atoms with Gasteiger partial charge in [0.05, 0.1) is 5.56 Å². The molecular formula is C22H12F6N4O3. The number of hydrogen-bond acceptors (Lipinski definition) is 4. The van der Waals surface area contributed by atoms with E-state index in [1.807, 2.05) is 5.32 Å². The minimum atomic E-state index is -5.07. The summed E-state index contributed by atoms with van der Waals surface area (Å²) in [7, 11) is 0. The number of nitrogens with zero attached hydrogens (tertiary/aromatic N) is 3. The summed E-state index contributed by atoms with van der Waals surface area (Å²) in [5.74, 6) is -7.71. The van der Waals surface area contributed by atoms with Gasteiger partial charge in [-0.25, -0.2) is 22.4 Å². The lowest BCUT2D eigenvalue weighted by molar-refractivity contribution is -0.115. The molecule has 35 heavy (non-hydrogen) atoms. The average Bonchev–Trinajstić information content (AvgIpc) is 3.13. The van der Waals surface area contributed by atoms with E-state index in [0.717, 1.165) is 22.6 Å². The Balaban J connectivity index is 1.85. The van der Waals surface area contributed by atoms with Crippen LogP contribution in [-0.4, -0.2) is 26.3 Å². The predicted molar refractivity (Wildman–Crippen MR) is 111 cm³/mol. The van der Waals surface area contributed by atoms with Crippen molar-refractivity contribution >= 4 is 17.2 Å². The molecule has 1 N–H and O–H groups in total. The molecule has 0 aliphatic carbocycles. The van der Waals surface area contributed by atoms with Crippen molar-refractivity contribution in [3.05, 3.63) is 101 Å². The summed E-state index contributed by atoms with van der Waals surface area (Å²) in [5.41, 5.74) is -3.21. The average molecular weight is 494 g/mol. The Labute approximate surface area is 191 Å². The number of halogens is 6. The van der Waals surface area contributed by atoms with E-state index in [0.29, 0.717) is 16.8 Å². The van der Waals surface area contributed by atoms with E-state index >= 15 is 4.39 Å². The number of nitrogens with one attached hydrogen (secondary N) is 1. The Bertz CT molecular complexity index is 1520. The van der Waals surface area contributed by atoms with Crippen LogP contribution in [0.4, 0.5) is 32.0 Å². The summed E-state index contributed by atoms with van der Waals surface area (Å²) in [4.78, 5) is 25.3. The lowest BCUT2D eigenvalue weighted by atomic mass is 10.1. The number of carbonyl (C=O) groups excluding carboxylic acids is 1. The van der Waals surface area contributed by atoms with Crippen molar-refractivity contribution in [1.29, 1.82) is 0 Å². The number of rotatable bonds is 5. The van der Waals surface area contributed by atoms with Gasteiger partial charge in [-0.2, -0.15) is 17.9 Å². The third kappa shape index (κ3) is 4.47. The molecule has 7 nitrogen and oxygen atoms in total. The van der Waals surface area contributed by atoms with E-state index in [2.05, 4.69) is 16.4 Å². The Kier molecular flexibility index (Phi) is 5.84. The second-order valence-electron chi connectivity index (χ2n) is 7.00. The number of pyridine rings is 1. The molecule has 2 aromatic carbocycles. The van der Waals surface area contributed by atoms with Crippen LogP contribution in [0.1, 0.15) is 10.4 Å². The molecule has 0 fully saturated rings. The van der Waals surface area contributed by atoms with Gasteiger partial charge < -0.3 is 10.1 Å². The lowest BCUT2D eigenvalue weighted by Crippen LogP contribution is -2.23. The molecule has 0 bridgehead atoms. The molecule has 0 atom stereocenters. The summed E-state index contributed by atoms with van der Waals surface area (Å²) < 4.78 is 88.3. The molecular weight excluding hydrogens is 482 g/mol. The molecule has 0 radical (unpaired) electrons. The van der Waals surface area contributed by atoms with Crippen LogP contribution < -0.4 is 15.7 Å². The van der Waals surface area contributed by atoms with Crippen molar-refractivity contribution in [3.63, 3.8) is 0 Å². The van der Waals surface area contributed by atoms with Crippen molar-refractivity contribution in [3.8, 4) is 11.4 Å². The van der Waals surface area contributed by atoms with E-state index in [1.165, 1.54) is 18.3 Å². The second kappa shape index (κ2) is 8.66. The van der Waals surface area contributed by atoms with Gasteiger partial charge in [0.1, 0.15) is 34.6 Å². The number of fused-ring (bicyclic) bond motifs is 1. The molecule has 0 saturated heterocycles. The Hall–Kier alpha value is -4.55. The molecule has 0 saturated carbocycles. The van der Waals surface area contributed by atoms with Gasteiger partial charge in [-0.05, 0) is 30.3 Å². The monoisotopic (exact) mass is 494 g/mol. The fraction of sp³-hybridized carbons (Fsp3) is 0.0455. The summed E-state index contributed by atoms with van der Waals surface area (Å²) in [5, 5.41) is 5.74. The van der Waals surface area contributed by atoms with Crippen LogP contribution >= 0.6 is 0 Å². The van der Waals surface area contributed by atoms with E-state index in [4.69, 9.17) is 0 Å². The Morgan fingerprint density at radius 3 is 2.31 bits per heavy atom.